The summed E-state index contributed by atoms with van der Waals surface area (Å²) in [6.45, 7) is 6.42. The minimum atomic E-state index is -0.487. The molecule has 1 nitrogen and oxygen atoms in total. The molecule has 0 bridgehead atoms. The van der Waals surface area contributed by atoms with Crippen molar-refractivity contribution < 1.29 is 5.11 Å². The lowest BCUT2D eigenvalue weighted by atomic mass is 9.83. The molecule has 1 unspecified atom stereocenters. The number of benzene rings is 1. The lowest BCUT2D eigenvalue weighted by molar-refractivity contribution is 0.215. The summed E-state index contributed by atoms with van der Waals surface area (Å²) < 4.78 is 0. The van der Waals surface area contributed by atoms with E-state index in [9.17, 15) is 5.11 Å². The van der Waals surface area contributed by atoms with E-state index in [-0.39, 0.29) is 0 Å². The summed E-state index contributed by atoms with van der Waals surface area (Å²) in [5, 5.41) is 10.9. The van der Waals surface area contributed by atoms with Crippen molar-refractivity contribution in [1.82, 2.24) is 0 Å². The van der Waals surface area contributed by atoms with Crippen molar-refractivity contribution >= 4 is 0 Å². The van der Waals surface area contributed by atoms with Crippen LogP contribution in [0.5, 0.6) is 0 Å². The van der Waals surface area contributed by atoms with E-state index in [0.717, 1.165) is 18.4 Å². The third-order valence-electron chi connectivity index (χ3n) is 4.38. The van der Waals surface area contributed by atoms with Crippen LogP contribution in [0.4, 0.5) is 0 Å². The molecule has 0 radical (unpaired) electrons. The first kappa shape index (κ1) is 15.1. The summed E-state index contributed by atoms with van der Waals surface area (Å²) in [6.07, 6.45) is 5.64. The van der Waals surface area contributed by atoms with E-state index in [0.29, 0.717) is 0 Å². The largest absolute Gasteiger partial charge is 0.384 e. The van der Waals surface area contributed by atoms with E-state index in [4.69, 9.17) is 0 Å². The summed E-state index contributed by atoms with van der Waals surface area (Å²) >= 11 is 0. The highest BCUT2D eigenvalue weighted by Crippen LogP contribution is 2.37. The molecular formula is C19H26O. The Hall–Kier alpha value is -1.34. The standard InChI is InChI=1S/C19H26O/c1-14(2)15(3)18(16-10-6-4-7-11-16)19(20)17-12-8-5-9-13-17/h5,8-9,12-13,19-20H,4,6-7,10-11H2,1-3H3. The van der Waals surface area contributed by atoms with Crippen LogP contribution in [0.2, 0.25) is 0 Å². The van der Waals surface area contributed by atoms with E-state index in [2.05, 4.69) is 20.8 Å². The van der Waals surface area contributed by atoms with Gasteiger partial charge in [-0.25, -0.2) is 0 Å². The van der Waals surface area contributed by atoms with Crippen LogP contribution in [0.15, 0.2) is 52.6 Å². The lowest BCUT2D eigenvalue weighted by Gasteiger charge is -2.25. The van der Waals surface area contributed by atoms with Gasteiger partial charge in [-0.1, -0.05) is 47.9 Å². The quantitative estimate of drug-likeness (QED) is 0.786. The van der Waals surface area contributed by atoms with E-state index >= 15 is 0 Å². The van der Waals surface area contributed by atoms with E-state index < -0.39 is 6.10 Å². The Labute approximate surface area is 123 Å². The average Bonchev–Trinajstić information content (AvgIpc) is 2.49. The van der Waals surface area contributed by atoms with Gasteiger partial charge in [-0.3, -0.25) is 0 Å². The second kappa shape index (κ2) is 6.90. The molecule has 0 aliphatic heterocycles. The highest BCUT2D eigenvalue weighted by Gasteiger charge is 2.21. The maximum absolute atomic E-state index is 10.9. The van der Waals surface area contributed by atoms with Crippen LogP contribution in [0.25, 0.3) is 0 Å². The molecule has 0 saturated heterocycles. The number of aliphatic hydroxyl groups is 1. The molecule has 108 valence electrons. The Morgan fingerprint density at radius 3 is 2.10 bits per heavy atom. The van der Waals surface area contributed by atoms with Crippen molar-refractivity contribution in [2.45, 2.75) is 59.0 Å². The molecule has 0 amide bonds. The molecule has 1 aliphatic carbocycles. The molecule has 1 N–H and O–H groups in total. The first-order valence-corrected chi connectivity index (χ1v) is 7.70. The van der Waals surface area contributed by atoms with Gasteiger partial charge in [-0.15, -0.1) is 0 Å². The minimum absolute atomic E-state index is 0.487. The predicted molar refractivity (Wildman–Crippen MR) is 85.6 cm³/mol. The summed E-state index contributed by atoms with van der Waals surface area (Å²) in [7, 11) is 0. The fourth-order valence-electron chi connectivity index (χ4n) is 2.98. The van der Waals surface area contributed by atoms with Gasteiger partial charge in [0.1, 0.15) is 6.10 Å². The molecule has 1 atom stereocenters. The number of allylic oxidation sites excluding steroid dienone is 2. The van der Waals surface area contributed by atoms with E-state index in [1.165, 1.54) is 41.6 Å². The van der Waals surface area contributed by atoms with Crippen LogP contribution in [0.1, 0.15) is 64.5 Å². The maximum Gasteiger partial charge on any atom is 0.104 e. The van der Waals surface area contributed by atoms with Gasteiger partial charge in [0.15, 0.2) is 0 Å². The van der Waals surface area contributed by atoms with Crippen LogP contribution in [0.3, 0.4) is 0 Å². The van der Waals surface area contributed by atoms with E-state index in [1.807, 2.05) is 30.3 Å². The highest BCUT2D eigenvalue weighted by molar-refractivity contribution is 5.43. The summed E-state index contributed by atoms with van der Waals surface area (Å²) in [6, 6.07) is 10.0. The normalized spacial score (nSPS) is 16.7. The van der Waals surface area contributed by atoms with Crippen molar-refractivity contribution in [2.24, 2.45) is 0 Å². The fraction of sp³-hybridized carbons (Fsp3) is 0.474. The highest BCUT2D eigenvalue weighted by atomic mass is 16.3. The van der Waals surface area contributed by atoms with Crippen molar-refractivity contribution in [3.8, 4) is 0 Å². The monoisotopic (exact) mass is 270 g/mol. The Morgan fingerprint density at radius 2 is 1.55 bits per heavy atom. The smallest absolute Gasteiger partial charge is 0.104 e. The van der Waals surface area contributed by atoms with Gasteiger partial charge >= 0.3 is 0 Å². The van der Waals surface area contributed by atoms with Crippen LogP contribution < -0.4 is 0 Å². The van der Waals surface area contributed by atoms with Gasteiger partial charge in [0.05, 0.1) is 0 Å². The van der Waals surface area contributed by atoms with Crippen LogP contribution in [0, 0.1) is 0 Å². The Balaban J connectivity index is 2.44. The molecule has 0 spiro atoms. The van der Waals surface area contributed by atoms with Crippen LogP contribution in [-0.4, -0.2) is 5.11 Å². The van der Waals surface area contributed by atoms with Crippen molar-refractivity contribution in [1.29, 1.82) is 0 Å². The van der Waals surface area contributed by atoms with E-state index in [1.54, 1.807) is 0 Å². The minimum Gasteiger partial charge on any atom is -0.384 e. The predicted octanol–water partition coefficient (Wildman–Crippen LogP) is 5.34. The SMILES string of the molecule is CC(C)=C(C)C(=C1CCCCC1)C(O)c1ccccc1. The number of hydrogen-bond acceptors (Lipinski definition) is 1. The lowest BCUT2D eigenvalue weighted by Crippen LogP contribution is -2.09. The van der Waals surface area contributed by atoms with Gasteiger partial charge in [-0.2, -0.15) is 0 Å². The van der Waals surface area contributed by atoms with Gasteiger partial charge in [0.2, 0.25) is 0 Å². The number of rotatable bonds is 3. The third-order valence-corrected chi connectivity index (χ3v) is 4.38. The topological polar surface area (TPSA) is 20.2 Å². The molecule has 20 heavy (non-hydrogen) atoms. The van der Waals surface area contributed by atoms with Gasteiger partial charge < -0.3 is 5.11 Å². The zero-order valence-corrected chi connectivity index (χ0v) is 12.9. The van der Waals surface area contributed by atoms with Crippen molar-refractivity contribution in [3.05, 3.63) is 58.2 Å². The van der Waals surface area contributed by atoms with Gasteiger partial charge in [0, 0.05) is 0 Å². The van der Waals surface area contributed by atoms with Crippen LogP contribution in [-0.2, 0) is 0 Å². The Morgan fingerprint density at radius 1 is 0.950 bits per heavy atom. The first-order chi connectivity index (χ1) is 9.61. The zero-order valence-electron chi connectivity index (χ0n) is 12.9. The zero-order chi connectivity index (χ0) is 14.5. The molecule has 2 rings (SSSR count). The average molecular weight is 270 g/mol. The van der Waals surface area contributed by atoms with Gasteiger partial charge in [0.25, 0.3) is 0 Å². The van der Waals surface area contributed by atoms with Gasteiger partial charge in [-0.05, 0) is 63.2 Å². The fourth-order valence-corrected chi connectivity index (χ4v) is 2.98. The molecule has 1 saturated carbocycles. The van der Waals surface area contributed by atoms with Crippen LogP contribution >= 0.6 is 0 Å². The third kappa shape index (κ3) is 3.40. The maximum atomic E-state index is 10.9. The summed E-state index contributed by atoms with van der Waals surface area (Å²) in [5.74, 6) is 0. The molecule has 1 aliphatic rings. The second-order valence-electron chi connectivity index (χ2n) is 6.02. The molecule has 0 heterocycles. The molecule has 1 fully saturated rings. The molecule has 1 heteroatoms. The molecule has 1 aromatic carbocycles. The van der Waals surface area contributed by atoms with Crippen molar-refractivity contribution in [3.63, 3.8) is 0 Å². The molecule has 0 aromatic heterocycles. The Bertz CT molecular complexity index is 496. The molecule has 1 aromatic rings. The Kier molecular flexibility index (Phi) is 5.19. The first-order valence-electron chi connectivity index (χ1n) is 7.70. The molecular weight excluding hydrogens is 244 g/mol. The summed E-state index contributed by atoms with van der Waals surface area (Å²) in [4.78, 5) is 0. The number of hydrogen-bond donors (Lipinski definition) is 1. The summed E-state index contributed by atoms with van der Waals surface area (Å²) in [5.41, 5.74) is 6.20. The van der Waals surface area contributed by atoms with Crippen molar-refractivity contribution in [2.75, 3.05) is 0 Å². The number of aliphatic hydroxyl groups excluding tert-OH is 1. The second-order valence-corrected chi connectivity index (χ2v) is 6.02.